The summed E-state index contributed by atoms with van der Waals surface area (Å²) in [5, 5.41) is 7.20. The van der Waals surface area contributed by atoms with Gasteiger partial charge in [0.2, 0.25) is 5.91 Å². The minimum absolute atomic E-state index is 0.159. The molecule has 0 aliphatic rings. The number of carbonyl (C=O) groups is 1. The monoisotopic (exact) mass is 296 g/mol. The van der Waals surface area contributed by atoms with E-state index in [9.17, 15) is 4.79 Å². The molecule has 3 nitrogen and oxygen atoms in total. The van der Waals surface area contributed by atoms with Gasteiger partial charge in [0.1, 0.15) is 0 Å². The molecule has 1 atom stereocenters. The Hall–Kier alpha value is -0.870. The Labute approximate surface area is 127 Å². The largest absolute Gasteiger partial charge is 0.356 e. The molecule has 4 heteroatoms. The zero-order valence-corrected chi connectivity index (χ0v) is 13.8. The molecule has 0 aromatic carbocycles. The van der Waals surface area contributed by atoms with Crippen molar-refractivity contribution in [3.63, 3.8) is 0 Å². The van der Waals surface area contributed by atoms with Crippen LogP contribution in [0.2, 0.25) is 0 Å². The zero-order chi connectivity index (χ0) is 15.0. The second-order valence-electron chi connectivity index (χ2n) is 6.41. The van der Waals surface area contributed by atoms with Crippen LogP contribution in [0.5, 0.6) is 0 Å². The molecule has 1 heterocycles. The first-order chi connectivity index (χ1) is 9.43. The Morgan fingerprint density at radius 1 is 1.40 bits per heavy atom. The molecule has 1 rings (SSSR count). The summed E-state index contributed by atoms with van der Waals surface area (Å²) in [6, 6.07) is 2.10. The molecule has 1 aromatic heterocycles. The molecule has 3 N–H and O–H groups in total. The highest BCUT2D eigenvalue weighted by atomic mass is 32.1. The van der Waals surface area contributed by atoms with Crippen LogP contribution >= 0.6 is 11.3 Å². The maximum atomic E-state index is 11.9. The minimum Gasteiger partial charge on any atom is -0.356 e. The highest BCUT2D eigenvalue weighted by molar-refractivity contribution is 7.07. The van der Waals surface area contributed by atoms with Crippen LogP contribution in [0.4, 0.5) is 0 Å². The van der Waals surface area contributed by atoms with Gasteiger partial charge in [-0.15, -0.1) is 0 Å². The van der Waals surface area contributed by atoms with E-state index in [1.54, 1.807) is 11.3 Å². The average Bonchev–Trinajstić information content (AvgIpc) is 2.86. The van der Waals surface area contributed by atoms with Gasteiger partial charge in [0.15, 0.2) is 0 Å². The predicted molar refractivity (Wildman–Crippen MR) is 86.9 cm³/mol. The summed E-state index contributed by atoms with van der Waals surface area (Å²) < 4.78 is 0. The third-order valence-electron chi connectivity index (χ3n) is 3.78. The van der Waals surface area contributed by atoms with Crippen LogP contribution in [0.1, 0.15) is 45.6 Å². The third kappa shape index (κ3) is 6.53. The van der Waals surface area contributed by atoms with Gasteiger partial charge >= 0.3 is 0 Å². The number of hydrogen-bond acceptors (Lipinski definition) is 3. The lowest BCUT2D eigenvalue weighted by Crippen LogP contribution is -2.29. The van der Waals surface area contributed by atoms with E-state index in [0.717, 1.165) is 25.8 Å². The lowest BCUT2D eigenvalue weighted by Gasteiger charge is -2.30. The summed E-state index contributed by atoms with van der Waals surface area (Å²) in [4.78, 5) is 11.9. The van der Waals surface area contributed by atoms with Crippen molar-refractivity contribution in [3.05, 3.63) is 22.4 Å². The van der Waals surface area contributed by atoms with E-state index in [1.807, 2.05) is 0 Å². The van der Waals surface area contributed by atoms with Crippen molar-refractivity contribution < 1.29 is 4.79 Å². The molecule has 0 saturated carbocycles. The summed E-state index contributed by atoms with van der Waals surface area (Å²) in [7, 11) is 0. The topological polar surface area (TPSA) is 55.1 Å². The lowest BCUT2D eigenvalue weighted by molar-refractivity contribution is -0.121. The SMILES string of the molecule is CC(C)(C)C(CCN)CCC(=O)NCCc1ccsc1. The fraction of sp³-hybridized carbons (Fsp3) is 0.688. The molecule has 0 saturated heterocycles. The first-order valence-electron chi connectivity index (χ1n) is 7.41. The molecule has 0 fully saturated rings. The molecule has 0 aliphatic heterocycles. The smallest absolute Gasteiger partial charge is 0.220 e. The van der Waals surface area contributed by atoms with Gasteiger partial charge in [0.25, 0.3) is 0 Å². The fourth-order valence-corrected chi connectivity index (χ4v) is 3.09. The number of carbonyl (C=O) groups excluding carboxylic acids is 1. The second kappa shape index (κ2) is 8.42. The van der Waals surface area contributed by atoms with Gasteiger partial charge < -0.3 is 11.1 Å². The van der Waals surface area contributed by atoms with Gasteiger partial charge in [-0.25, -0.2) is 0 Å². The van der Waals surface area contributed by atoms with E-state index >= 15 is 0 Å². The predicted octanol–water partition coefficient (Wildman–Crippen LogP) is 3.20. The number of thiophene rings is 1. The Morgan fingerprint density at radius 2 is 2.15 bits per heavy atom. The van der Waals surface area contributed by atoms with Crippen LogP contribution in [0.15, 0.2) is 16.8 Å². The van der Waals surface area contributed by atoms with Crippen molar-refractivity contribution in [2.75, 3.05) is 13.1 Å². The van der Waals surface area contributed by atoms with Crippen molar-refractivity contribution in [1.29, 1.82) is 0 Å². The average molecular weight is 296 g/mol. The Kier molecular flexibility index (Phi) is 7.24. The van der Waals surface area contributed by atoms with Crippen molar-refractivity contribution >= 4 is 17.2 Å². The van der Waals surface area contributed by atoms with Gasteiger partial charge in [-0.1, -0.05) is 20.8 Å². The minimum atomic E-state index is 0.159. The quantitative estimate of drug-likeness (QED) is 0.774. The van der Waals surface area contributed by atoms with Gasteiger partial charge in [-0.05, 0) is 59.5 Å². The number of nitrogens with two attached hydrogens (primary N) is 1. The molecule has 20 heavy (non-hydrogen) atoms. The molecular weight excluding hydrogens is 268 g/mol. The summed E-state index contributed by atoms with van der Waals surface area (Å²) in [5.74, 6) is 0.668. The van der Waals surface area contributed by atoms with E-state index in [-0.39, 0.29) is 11.3 Å². The van der Waals surface area contributed by atoms with Crippen LogP contribution in [-0.2, 0) is 11.2 Å². The standard InChI is InChI=1S/C16H28N2OS/c1-16(2,3)14(6-9-17)4-5-15(19)18-10-7-13-8-11-20-12-13/h8,11-12,14H,4-7,9-10,17H2,1-3H3,(H,18,19). The first kappa shape index (κ1) is 17.2. The number of hydrogen-bond donors (Lipinski definition) is 2. The molecule has 1 unspecified atom stereocenters. The molecule has 1 aromatic rings. The van der Waals surface area contributed by atoms with E-state index < -0.39 is 0 Å². The zero-order valence-electron chi connectivity index (χ0n) is 12.9. The lowest BCUT2D eigenvalue weighted by atomic mass is 9.76. The Morgan fingerprint density at radius 3 is 2.70 bits per heavy atom. The second-order valence-corrected chi connectivity index (χ2v) is 7.19. The third-order valence-corrected chi connectivity index (χ3v) is 4.51. The van der Waals surface area contributed by atoms with Crippen molar-refractivity contribution in [2.24, 2.45) is 17.1 Å². The summed E-state index contributed by atoms with van der Waals surface area (Å²) in [5.41, 5.74) is 7.18. The van der Waals surface area contributed by atoms with E-state index in [4.69, 9.17) is 5.73 Å². The molecule has 0 aliphatic carbocycles. The highest BCUT2D eigenvalue weighted by Gasteiger charge is 2.24. The number of nitrogens with one attached hydrogen (secondary N) is 1. The van der Waals surface area contributed by atoms with Crippen LogP contribution < -0.4 is 11.1 Å². The van der Waals surface area contributed by atoms with E-state index in [2.05, 4.69) is 42.9 Å². The summed E-state index contributed by atoms with van der Waals surface area (Å²) in [6.07, 6.45) is 3.43. The highest BCUT2D eigenvalue weighted by Crippen LogP contribution is 2.31. The summed E-state index contributed by atoms with van der Waals surface area (Å²) in [6.45, 7) is 8.10. The maximum absolute atomic E-state index is 11.9. The van der Waals surface area contributed by atoms with Crippen molar-refractivity contribution in [1.82, 2.24) is 5.32 Å². The van der Waals surface area contributed by atoms with Crippen molar-refractivity contribution in [3.8, 4) is 0 Å². The normalized spacial score (nSPS) is 13.2. The fourth-order valence-electron chi connectivity index (χ4n) is 2.39. The Bertz CT molecular complexity index is 382. The number of rotatable bonds is 8. The van der Waals surface area contributed by atoms with Gasteiger partial charge in [-0.3, -0.25) is 4.79 Å². The van der Waals surface area contributed by atoms with Gasteiger partial charge in [0, 0.05) is 13.0 Å². The van der Waals surface area contributed by atoms with E-state index in [0.29, 0.717) is 18.9 Å². The molecular formula is C16H28N2OS. The van der Waals surface area contributed by atoms with Crippen LogP contribution in [0.3, 0.4) is 0 Å². The molecule has 0 radical (unpaired) electrons. The van der Waals surface area contributed by atoms with Crippen LogP contribution in [0, 0.1) is 11.3 Å². The van der Waals surface area contributed by atoms with Crippen molar-refractivity contribution in [2.45, 2.75) is 46.5 Å². The van der Waals surface area contributed by atoms with Crippen LogP contribution in [0.25, 0.3) is 0 Å². The van der Waals surface area contributed by atoms with Gasteiger partial charge in [0.05, 0.1) is 0 Å². The Balaban J connectivity index is 2.24. The maximum Gasteiger partial charge on any atom is 0.220 e. The molecule has 0 spiro atoms. The summed E-state index contributed by atoms with van der Waals surface area (Å²) >= 11 is 1.70. The molecule has 114 valence electrons. The van der Waals surface area contributed by atoms with E-state index in [1.165, 1.54) is 5.56 Å². The first-order valence-corrected chi connectivity index (χ1v) is 8.35. The van der Waals surface area contributed by atoms with Crippen LogP contribution in [-0.4, -0.2) is 19.0 Å². The molecule has 1 amide bonds. The number of amides is 1. The molecule has 0 bridgehead atoms. The van der Waals surface area contributed by atoms with Gasteiger partial charge in [-0.2, -0.15) is 11.3 Å².